The lowest BCUT2D eigenvalue weighted by Gasteiger charge is -2.16. The molecule has 1 fully saturated rings. The predicted molar refractivity (Wildman–Crippen MR) is 49.3 cm³/mol. The maximum absolute atomic E-state index is 3.34. The second-order valence-electron chi connectivity index (χ2n) is 3.50. The first-order chi connectivity index (χ1) is 5.95. The van der Waals surface area contributed by atoms with Gasteiger partial charge in [-0.3, -0.25) is 5.32 Å². The summed E-state index contributed by atoms with van der Waals surface area (Å²) >= 11 is 0. The molecule has 1 unspecified atom stereocenters. The lowest BCUT2D eigenvalue weighted by atomic mass is 10.2. The number of hydrogen-bond donors (Lipinski definition) is 1. The van der Waals surface area contributed by atoms with Crippen LogP contribution in [0, 0.1) is 0 Å². The van der Waals surface area contributed by atoms with Gasteiger partial charge in [0, 0.05) is 18.8 Å². The second-order valence-corrected chi connectivity index (χ2v) is 3.50. The summed E-state index contributed by atoms with van der Waals surface area (Å²) in [7, 11) is 0. The minimum absolute atomic E-state index is 0.633. The first-order valence-electron chi connectivity index (χ1n) is 4.53. The van der Waals surface area contributed by atoms with Crippen molar-refractivity contribution in [2.24, 2.45) is 0 Å². The van der Waals surface area contributed by atoms with Gasteiger partial charge in [-0.1, -0.05) is 18.2 Å². The highest BCUT2D eigenvalue weighted by atomic mass is 15.4. The van der Waals surface area contributed by atoms with Crippen LogP contribution in [-0.2, 0) is 6.42 Å². The summed E-state index contributed by atoms with van der Waals surface area (Å²) < 4.78 is 0. The zero-order valence-electron chi connectivity index (χ0n) is 6.96. The van der Waals surface area contributed by atoms with Crippen molar-refractivity contribution in [3.05, 3.63) is 29.8 Å². The Balaban J connectivity index is 2.01. The monoisotopic (exact) mass is 160 g/mol. The van der Waals surface area contributed by atoms with Crippen molar-refractivity contribution in [3.8, 4) is 0 Å². The summed E-state index contributed by atoms with van der Waals surface area (Å²) in [6.07, 6.45) is 1.85. The van der Waals surface area contributed by atoms with Crippen LogP contribution >= 0.6 is 0 Å². The van der Waals surface area contributed by atoms with Crippen LogP contribution in [0.5, 0.6) is 0 Å². The lowest BCUT2D eigenvalue weighted by Crippen LogP contribution is -2.25. The molecule has 1 saturated heterocycles. The molecule has 0 aromatic heterocycles. The van der Waals surface area contributed by atoms with Crippen LogP contribution in [0.25, 0.3) is 0 Å². The third-order valence-electron chi connectivity index (χ3n) is 2.69. The topological polar surface area (TPSA) is 25.2 Å². The number of nitrogens with zero attached hydrogens (tertiary/aromatic N) is 1. The molecule has 0 saturated carbocycles. The number of para-hydroxylation sites is 1. The Morgan fingerprint density at radius 3 is 3.00 bits per heavy atom. The second kappa shape index (κ2) is 2.23. The first kappa shape index (κ1) is 6.49. The molecule has 1 aromatic carbocycles. The molecule has 3 rings (SSSR count). The summed E-state index contributed by atoms with van der Waals surface area (Å²) in [6.45, 7) is 2.35. The van der Waals surface area contributed by atoms with Gasteiger partial charge in [0.1, 0.15) is 0 Å². The summed E-state index contributed by atoms with van der Waals surface area (Å²) in [5, 5.41) is 3.34. The van der Waals surface area contributed by atoms with Gasteiger partial charge in [0.25, 0.3) is 0 Å². The predicted octanol–water partition coefficient (Wildman–Crippen LogP) is 0.978. The molecule has 0 radical (unpaired) electrons. The molecule has 0 bridgehead atoms. The van der Waals surface area contributed by atoms with Gasteiger partial charge < -0.3 is 4.90 Å². The molecule has 0 aliphatic carbocycles. The number of hydrogen-bond acceptors (Lipinski definition) is 2. The van der Waals surface area contributed by atoms with E-state index in [1.54, 1.807) is 0 Å². The van der Waals surface area contributed by atoms with Crippen molar-refractivity contribution < 1.29 is 0 Å². The molecule has 2 heteroatoms. The van der Waals surface area contributed by atoms with Gasteiger partial charge >= 0.3 is 0 Å². The number of nitrogens with one attached hydrogen (secondary N) is 1. The third kappa shape index (κ3) is 0.847. The van der Waals surface area contributed by atoms with Crippen LogP contribution in [-0.4, -0.2) is 19.3 Å². The molecule has 62 valence electrons. The summed E-state index contributed by atoms with van der Waals surface area (Å²) in [4.78, 5) is 2.47. The van der Waals surface area contributed by atoms with Gasteiger partial charge in [0.15, 0.2) is 0 Å². The molecule has 2 aliphatic rings. The fourth-order valence-electron chi connectivity index (χ4n) is 1.96. The Bertz CT molecular complexity index is 304. The highest BCUT2D eigenvalue weighted by molar-refractivity contribution is 5.59. The summed E-state index contributed by atoms with van der Waals surface area (Å²) in [6, 6.07) is 8.71. The van der Waals surface area contributed by atoms with Gasteiger partial charge in [0.05, 0.1) is 6.17 Å². The molecule has 2 nitrogen and oxygen atoms in total. The van der Waals surface area contributed by atoms with E-state index in [0.717, 1.165) is 6.54 Å². The molecular weight excluding hydrogens is 148 g/mol. The molecule has 0 amide bonds. The van der Waals surface area contributed by atoms with E-state index >= 15 is 0 Å². The van der Waals surface area contributed by atoms with Crippen molar-refractivity contribution in [1.82, 2.24) is 5.32 Å². The molecule has 2 aliphatic heterocycles. The minimum Gasteiger partial charge on any atom is -0.354 e. The van der Waals surface area contributed by atoms with E-state index in [1.165, 1.54) is 24.2 Å². The molecule has 0 spiro atoms. The summed E-state index contributed by atoms with van der Waals surface area (Å²) in [5.74, 6) is 0. The van der Waals surface area contributed by atoms with Gasteiger partial charge in [-0.15, -0.1) is 0 Å². The smallest absolute Gasteiger partial charge is 0.0924 e. The fourth-order valence-corrected chi connectivity index (χ4v) is 1.96. The van der Waals surface area contributed by atoms with E-state index in [1.807, 2.05) is 0 Å². The maximum atomic E-state index is 3.34. The number of benzene rings is 1. The molecule has 1 atom stereocenters. The number of fused-ring (bicyclic) bond motifs is 1. The molecule has 1 aromatic rings. The van der Waals surface area contributed by atoms with Crippen LogP contribution in [0.2, 0.25) is 0 Å². The zero-order valence-corrected chi connectivity index (χ0v) is 6.96. The van der Waals surface area contributed by atoms with Crippen LogP contribution in [0.3, 0.4) is 0 Å². The Kier molecular flexibility index (Phi) is 1.21. The third-order valence-corrected chi connectivity index (χ3v) is 2.69. The van der Waals surface area contributed by atoms with E-state index in [0.29, 0.717) is 6.17 Å². The SMILES string of the molecule is c1ccc2c(c1)CCN2C1CN1. The van der Waals surface area contributed by atoms with Crippen LogP contribution in [0.1, 0.15) is 5.56 Å². The summed E-state index contributed by atoms with van der Waals surface area (Å²) in [5.41, 5.74) is 2.94. The van der Waals surface area contributed by atoms with Crippen molar-refractivity contribution >= 4 is 5.69 Å². The Labute approximate surface area is 72.2 Å². The van der Waals surface area contributed by atoms with E-state index in [9.17, 15) is 0 Å². The van der Waals surface area contributed by atoms with Crippen molar-refractivity contribution in [3.63, 3.8) is 0 Å². The van der Waals surface area contributed by atoms with E-state index < -0.39 is 0 Å². The minimum atomic E-state index is 0.633. The van der Waals surface area contributed by atoms with Gasteiger partial charge in [-0.2, -0.15) is 0 Å². The molecular formula is C10H12N2. The molecule has 1 N–H and O–H groups in total. The average Bonchev–Trinajstić information content (AvgIpc) is 2.86. The standard InChI is InChI=1S/C10H12N2/c1-2-4-9-8(3-1)5-6-12(9)10-7-11-10/h1-4,10-11H,5-7H2. The van der Waals surface area contributed by atoms with Crippen LogP contribution in [0.15, 0.2) is 24.3 Å². The Hall–Kier alpha value is -1.02. The number of anilines is 1. The van der Waals surface area contributed by atoms with Crippen molar-refractivity contribution in [2.75, 3.05) is 18.0 Å². The Morgan fingerprint density at radius 2 is 2.17 bits per heavy atom. The van der Waals surface area contributed by atoms with Gasteiger partial charge in [-0.05, 0) is 18.1 Å². The van der Waals surface area contributed by atoms with Crippen LogP contribution in [0.4, 0.5) is 5.69 Å². The van der Waals surface area contributed by atoms with Crippen LogP contribution < -0.4 is 10.2 Å². The maximum Gasteiger partial charge on any atom is 0.0924 e. The van der Waals surface area contributed by atoms with Crippen molar-refractivity contribution in [1.29, 1.82) is 0 Å². The van der Waals surface area contributed by atoms with Crippen molar-refractivity contribution in [2.45, 2.75) is 12.6 Å². The van der Waals surface area contributed by atoms with Gasteiger partial charge in [0.2, 0.25) is 0 Å². The van der Waals surface area contributed by atoms with E-state index in [4.69, 9.17) is 0 Å². The quantitative estimate of drug-likeness (QED) is 0.619. The first-order valence-corrected chi connectivity index (χ1v) is 4.53. The molecule has 12 heavy (non-hydrogen) atoms. The average molecular weight is 160 g/mol. The Morgan fingerprint density at radius 1 is 1.33 bits per heavy atom. The highest BCUT2D eigenvalue weighted by Gasteiger charge is 2.32. The van der Waals surface area contributed by atoms with E-state index in [-0.39, 0.29) is 0 Å². The molecule has 2 heterocycles. The lowest BCUT2D eigenvalue weighted by molar-refractivity contribution is 0.818. The highest BCUT2D eigenvalue weighted by Crippen LogP contribution is 2.30. The largest absolute Gasteiger partial charge is 0.354 e. The van der Waals surface area contributed by atoms with E-state index in [2.05, 4.69) is 34.5 Å². The normalized spacial score (nSPS) is 25.7. The number of rotatable bonds is 1. The fraction of sp³-hybridized carbons (Fsp3) is 0.400. The van der Waals surface area contributed by atoms with Gasteiger partial charge in [-0.25, -0.2) is 0 Å². The zero-order chi connectivity index (χ0) is 7.97.